The number of benzene rings is 2. The first-order chi connectivity index (χ1) is 11.1. The zero-order chi connectivity index (χ0) is 16.5. The minimum absolute atomic E-state index is 0.716. The summed E-state index contributed by atoms with van der Waals surface area (Å²) >= 11 is 0. The van der Waals surface area contributed by atoms with Gasteiger partial charge in [-0.25, -0.2) is 0 Å². The topological polar surface area (TPSA) is 23.5 Å². The molecule has 23 heavy (non-hydrogen) atoms. The van der Waals surface area contributed by atoms with Gasteiger partial charge in [-0.15, -0.1) is 0 Å². The molecule has 2 rings (SSSR count). The normalized spacial score (nSPS) is 13.9. The fourth-order valence-electron chi connectivity index (χ4n) is 3.08. The molecule has 1 unspecified atom stereocenters. The van der Waals surface area contributed by atoms with E-state index >= 15 is 0 Å². The molecule has 0 saturated carbocycles. The van der Waals surface area contributed by atoms with Gasteiger partial charge in [0.1, 0.15) is 0 Å². The van der Waals surface area contributed by atoms with E-state index in [0.29, 0.717) is 0 Å². The smallest absolute Gasteiger partial charge is 0.0897 e. The standard InChI is InChI=1S/C21H29NO/c1-22(2)18-10-17-21(23,20-14-7-4-8-15-20)16-9-13-19-11-5-3-6-12-19/h3-8,11-12,14-15,23H,9-10,13,16-18H2,1-2H3. The van der Waals surface area contributed by atoms with Crippen molar-refractivity contribution in [1.29, 1.82) is 0 Å². The Morgan fingerprint density at radius 1 is 0.826 bits per heavy atom. The molecule has 0 aliphatic carbocycles. The van der Waals surface area contributed by atoms with E-state index in [-0.39, 0.29) is 0 Å². The van der Waals surface area contributed by atoms with Crippen LogP contribution < -0.4 is 0 Å². The second-order valence-corrected chi connectivity index (χ2v) is 6.64. The van der Waals surface area contributed by atoms with E-state index in [4.69, 9.17) is 0 Å². The largest absolute Gasteiger partial charge is 0.385 e. The quantitative estimate of drug-likeness (QED) is 0.749. The van der Waals surface area contributed by atoms with Crippen LogP contribution in [0, 0.1) is 0 Å². The summed E-state index contributed by atoms with van der Waals surface area (Å²) in [5.41, 5.74) is 1.68. The zero-order valence-corrected chi connectivity index (χ0v) is 14.4. The Morgan fingerprint density at radius 3 is 2.00 bits per heavy atom. The van der Waals surface area contributed by atoms with Gasteiger partial charge in [0.2, 0.25) is 0 Å². The summed E-state index contributed by atoms with van der Waals surface area (Å²) in [7, 11) is 4.16. The van der Waals surface area contributed by atoms with E-state index in [1.54, 1.807) is 0 Å². The van der Waals surface area contributed by atoms with E-state index in [2.05, 4.69) is 55.4 Å². The van der Waals surface area contributed by atoms with Gasteiger partial charge >= 0.3 is 0 Å². The third-order valence-electron chi connectivity index (χ3n) is 4.41. The van der Waals surface area contributed by atoms with E-state index < -0.39 is 5.60 Å². The first-order valence-corrected chi connectivity index (χ1v) is 8.57. The van der Waals surface area contributed by atoms with Crippen molar-refractivity contribution in [1.82, 2.24) is 4.90 Å². The maximum Gasteiger partial charge on any atom is 0.0897 e. The average Bonchev–Trinajstić information content (AvgIpc) is 2.56. The lowest BCUT2D eigenvalue weighted by molar-refractivity contribution is 0.0131. The molecule has 0 aliphatic rings. The third-order valence-corrected chi connectivity index (χ3v) is 4.41. The van der Waals surface area contributed by atoms with Crippen molar-refractivity contribution in [2.75, 3.05) is 20.6 Å². The van der Waals surface area contributed by atoms with E-state index in [9.17, 15) is 5.11 Å². The van der Waals surface area contributed by atoms with Crippen molar-refractivity contribution in [3.05, 3.63) is 71.8 Å². The second kappa shape index (κ2) is 8.85. The van der Waals surface area contributed by atoms with Crippen LogP contribution in [-0.4, -0.2) is 30.6 Å². The van der Waals surface area contributed by atoms with Crippen molar-refractivity contribution in [2.45, 2.75) is 37.7 Å². The molecule has 0 amide bonds. The van der Waals surface area contributed by atoms with E-state index in [0.717, 1.165) is 44.2 Å². The van der Waals surface area contributed by atoms with Crippen molar-refractivity contribution in [2.24, 2.45) is 0 Å². The summed E-state index contributed by atoms with van der Waals surface area (Å²) < 4.78 is 0. The van der Waals surface area contributed by atoms with Crippen molar-refractivity contribution in [3.8, 4) is 0 Å². The van der Waals surface area contributed by atoms with Crippen LogP contribution in [0.2, 0.25) is 0 Å². The SMILES string of the molecule is CN(C)CCCC(O)(CCCc1ccccc1)c1ccccc1. The molecule has 2 heteroatoms. The summed E-state index contributed by atoms with van der Waals surface area (Å²) in [5, 5.41) is 11.3. The molecule has 0 spiro atoms. The lowest BCUT2D eigenvalue weighted by Crippen LogP contribution is -2.27. The van der Waals surface area contributed by atoms with Crippen LogP contribution in [0.15, 0.2) is 60.7 Å². The van der Waals surface area contributed by atoms with Gasteiger partial charge in [0, 0.05) is 0 Å². The molecule has 2 aromatic carbocycles. The second-order valence-electron chi connectivity index (χ2n) is 6.64. The summed E-state index contributed by atoms with van der Waals surface area (Å²) in [6.45, 7) is 1.01. The molecule has 0 aromatic heterocycles. The Labute approximate surface area is 140 Å². The Morgan fingerprint density at radius 2 is 1.39 bits per heavy atom. The summed E-state index contributed by atoms with van der Waals surface area (Å²) in [6, 6.07) is 20.7. The Hall–Kier alpha value is -1.64. The highest BCUT2D eigenvalue weighted by molar-refractivity contribution is 5.22. The molecule has 2 aromatic rings. The van der Waals surface area contributed by atoms with Gasteiger partial charge in [0.25, 0.3) is 0 Å². The Balaban J connectivity index is 1.98. The fourth-order valence-corrected chi connectivity index (χ4v) is 3.08. The highest BCUT2D eigenvalue weighted by Gasteiger charge is 2.28. The number of hydrogen-bond donors (Lipinski definition) is 1. The maximum atomic E-state index is 11.3. The van der Waals surface area contributed by atoms with Crippen LogP contribution in [0.5, 0.6) is 0 Å². The first kappa shape index (κ1) is 17.7. The van der Waals surface area contributed by atoms with Gasteiger partial charge in [-0.1, -0.05) is 60.7 Å². The molecule has 124 valence electrons. The van der Waals surface area contributed by atoms with E-state index in [1.165, 1.54) is 5.56 Å². The summed E-state index contributed by atoms with van der Waals surface area (Å²) in [4.78, 5) is 2.18. The molecule has 0 saturated heterocycles. The fraction of sp³-hybridized carbons (Fsp3) is 0.429. The molecular weight excluding hydrogens is 282 g/mol. The lowest BCUT2D eigenvalue weighted by Gasteiger charge is -2.29. The van der Waals surface area contributed by atoms with Crippen molar-refractivity contribution >= 4 is 0 Å². The van der Waals surface area contributed by atoms with Crippen LogP contribution in [0.3, 0.4) is 0 Å². The monoisotopic (exact) mass is 311 g/mol. The summed E-state index contributed by atoms with van der Waals surface area (Å²) in [6.07, 6.45) is 4.63. The van der Waals surface area contributed by atoms with Crippen LogP contribution in [0.1, 0.15) is 36.8 Å². The average molecular weight is 311 g/mol. The Bertz CT molecular complexity index is 553. The minimum atomic E-state index is -0.716. The van der Waals surface area contributed by atoms with Gasteiger partial charge in [0.15, 0.2) is 0 Å². The summed E-state index contributed by atoms with van der Waals surface area (Å²) in [5.74, 6) is 0. The molecular formula is C21H29NO. The van der Waals surface area contributed by atoms with Gasteiger partial charge in [-0.2, -0.15) is 0 Å². The molecule has 0 aliphatic heterocycles. The maximum absolute atomic E-state index is 11.3. The van der Waals surface area contributed by atoms with Crippen molar-refractivity contribution < 1.29 is 5.11 Å². The number of hydrogen-bond acceptors (Lipinski definition) is 2. The molecule has 0 heterocycles. The van der Waals surface area contributed by atoms with Gasteiger partial charge in [-0.05, 0) is 63.9 Å². The molecule has 0 bridgehead atoms. The van der Waals surface area contributed by atoms with Crippen LogP contribution in [0.4, 0.5) is 0 Å². The highest BCUT2D eigenvalue weighted by Crippen LogP contribution is 2.32. The van der Waals surface area contributed by atoms with Gasteiger partial charge in [0.05, 0.1) is 5.60 Å². The van der Waals surface area contributed by atoms with Crippen LogP contribution in [0.25, 0.3) is 0 Å². The van der Waals surface area contributed by atoms with Gasteiger partial charge in [-0.3, -0.25) is 0 Å². The van der Waals surface area contributed by atoms with Crippen LogP contribution in [-0.2, 0) is 12.0 Å². The zero-order valence-electron chi connectivity index (χ0n) is 14.4. The number of aliphatic hydroxyl groups is 1. The highest BCUT2D eigenvalue weighted by atomic mass is 16.3. The lowest BCUT2D eigenvalue weighted by atomic mass is 9.84. The first-order valence-electron chi connectivity index (χ1n) is 8.57. The van der Waals surface area contributed by atoms with E-state index in [1.807, 2.05) is 24.3 Å². The Kier molecular flexibility index (Phi) is 6.82. The predicted molar refractivity (Wildman–Crippen MR) is 97.5 cm³/mol. The third kappa shape index (κ3) is 5.81. The molecule has 2 nitrogen and oxygen atoms in total. The number of rotatable bonds is 9. The van der Waals surface area contributed by atoms with Crippen LogP contribution >= 0.6 is 0 Å². The number of nitrogens with zero attached hydrogens (tertiary/aromatic N) is 1. The number of aryl methyl sites for hydroxylation is 1. The molecule has 1 atom stereocenters. The van der Waals surface area contributed by atoms with Gasteiger partial charge < -0.3 is 10.0 Å². The van der Waals surface area contributed by atoms with Crippen molar-refractivity contribution in [3.63, 3.8) is 0 Å². The molecule has 0 radical (unpaired) electrons. The minimum Gasteiger partial charge on any atom is -0.385 e. The molecule has 0 fully saturated rings. The molecule has 1 N–H and O–H groups in total. The predicted octanol–water partition coefficient (Wildman–Crippen LogP) is 4.24.